The number of carbonyl (C=O) groups excluding carboxylic acids is 1. The SMILES string of the molecule is O=C1CC=CC2=C3CCCNC3CCN12. The number of allylic oxidation sites excluding steroid dienone is 1. The topological polar surface area (TPSA) is 32.3 Å². The lowest BCUT2D eigenvalue weighted by atomic mass is 9.88. The van der Waals surface area contributed by atoms with Crippen LogP contribution in [0, 0.1) is 0 Å². The highest BCUT2D eigenvalue weighted by molar-refractivity contribution is 5.82. The van der Waals surface area contributed by atoms with Gasteiger partial charge >= 0.3 is 0 Å². The molecule has 3 rings (SSSR count). The molecule has 0 aromatic carbocycles. The quantitative estimate of drug-likeness (QED) is 0.642. The lowest BCUT2D eigenvalue weighted by Crippen LogP contribution is -2.47. The van der Waals surface area contributed by atoms with Crippen LogP contribution in [0.25, 0.3) is 0 Å². The van der Waals surface area contributed by atoms with E-state index < -0.39 is 0 Å². The number of hydrogen-bond donors (Lipinski definition) is 1. The first kappa shape index (κ1) is 9.16. The van der Waals surface area contributed by atoms with Crippen LogP contribution in [0.4, 0.5) is 0 Å². The zero-order chi connectivity index (χ0) is 10.3. The number of nitrogens with one attached hydrogen (secondary N) is 1. The third kappa shape index (κ3) is 1.42. The summed E-state index contributed by atoms with van der Waals surface area (Å²) in [7, 11) is 0. The maximum atomic E-state index is 11.7. The Morgan fingerprint density at radius 3 is 3.33 bits per heavy atom. The lowest BCUT2D eigenvalue weighted by Gasteiger charge is -2.39. The van der Waals surface area contributed by atoms with Crippen LogP contribution in [0.15, 0.2) is 23.4 Å². The van der Waals surface area contributed by atoms with Gasteiger partial charge in [-0.25, -0.2) is 0 Å². The summed E-state index contributed by atoms with van der Waals surface area (Å²) in [5.41, 5.74) is 2.64. The van der Waals surface area contributed by atoms with E-state index in [-0.39, 0.29) is 5.91 Å². The molecule has 3 heterocycles. The second-order valence-electron chi connectivity index (χ2n) is 4.46. The molecule has 0 saturated carbocycles. The van der Waals surface area contributed by atoms with E-state index in [1.165, 1.54) is 17.7 Å². The molecule has 1 unspecified atom stereocenters. The number of fused-ring (bicyclic) bond motifs is 2. The average Bonchev–Trinajstić information content (AvgIpc) is 2.29. The predicted octanol–water partition coefficient (Wildman–Crippen LogP) is 1.18. The number of rotatable bonds is 0. The van der Waals surface area contributed by atoms with E-state index in [1.807, 2.05) is 11.0 Å². The van der Waals surface area contributed by atoms with Gasteiger partial charge in [-0.15, -0.1) is 0 Å². The van der Waals surface area contributed by atoms with Gasteiger partial charge in [-0.3, -0.25) is 4.79 Å². The normalized spacial score (nSPS) is 30.3. The Kier molecular flexibility index (Phi) is 2.13. The van der Waals surface area contributed by atoms with Gasteiger partial charge in [0.25, 0.3) is 0 Å². The predicted molar refractivity (Wildman–Crippen MR) is 58.1 cm³/mol. The maximum absolute atomic E-state index is 11.7. The van der Waals surface area contributed by atoms with Crippen LogP contribution >= 0.6 is 0 Å². The Bertz CT molecular complexity index is 357. The minimum Gasteiger partial charge on any atom is -0.312 e. The molecule has 0 bridgehead atoms. The number of piperidine rings is 1. The lowest BCUT2D eigenvalue weighted by molar-refractivity contribution is -0.129. The highest BCUT2D eigenvalue weighted by Crippen LogP contribution is 2.31. The summed E-state index contributed by atoms with van der Waals surface area (Å²) in [5, 5.41) is 3.54. The number of amides is 1. The van der Waals surface area contributed by atoms with Crippen LogP contribution in [0.3, 0.4) is 0 Å². The summed E-state index contributed by atoms with van der Waals surface area (Å²) in [6, 6.07) is 0.528. The third-order valence-corrected chi connectivity index (χ3v) is 3.56. The molecule has 1 atom stereocenters. The Hall–Kier alpha value is -1.09. The van der Waals surface area contributed by atoms with Crippen molar-refractivity contribution in [1.82, 2.24) is 10.2 Å². The Morgan fingerprint density at radius 2 is 2.40 bits per heavy atom. The summed E-state index contributed by atoms with van der Waals surface area (Å²) in [6.07, 6.45) is 8.15. The van der Waals surface area contributed by atoms with Gasteiger partial charge in [0.15, 0.2) is 0 Å². The molecule has 3 heteroatoms. The van der Waals surface area contributed by atoms with Crippen molar-refractivity contribution in [3.05, 3.63) is 23.4 Å². The van der Waals surface area contributed by atoms with Crippen LogP contribution in [0.2, 0.25) is 0 Å². The van der Waals surface area contributed by atoms with Crippen molar-refractivity contribution in [3.8, 4) is 0 Å². The molecule has 15 heavy (non-hydrogen) atoms. The number of hydrogen-bond acceptors (Lipinski definition) is 2. The van der Waals surface area contributed by atoms with Crippen LogP contribution in [-0.2, 0) is 4.79 Å². The summed E-state index contributed by atoms with van der Waals surface area (Å²) in [6.45, 7) is 2.01. The average molecular weight is 204 g/mol. The molecule has 1 amide bonds. The van der Waals surface area contributed by atoms with Crippen molar-refractivity contribution < 1.29 is 4.79 Å². The smallest absolute Gasteiger partial charge is 0.230 e. The fraction of sp³-hybridized carbons (Fsp3) is 0.583. The third-order valence-electron chi connectivity index (χ3n) is 3.56. The van der Waals surface area contributed by atoms with E-state index in [9.17, 15) is 4.79 Å². The van der Waals surface area contributed by atoms with Gasteiger partial charge in [0, 0.05) is 24.7 Å². The van der Waals surface area contributed by atoms with Crippen molar-refractivity contribution in [1.29, 1.82) is 0 Å². The van der Waals surface area contributed by atoms with Gasteiger partial charge in [0.2, 0.25) is 5.91 Å². The summed E-state index contributed by atoms with van der Waals surface area (Å²) < 4.78 is 0. The molecule has 80 valence electrons. The molecule has 1 N–H and O–H groups in total. The minimum atomic E-state index is 0.268. The highest BCUT2D eigenvalue weighted by atomic mass is 16.2. The summed E-state index contributed by atoms with van der Waals surface area (Å²) >= 11 is 0. The monoisotopic (exact) mass is 204 g/mol. The Morgan fingerprint density at radius 1 is 1.47 bits per heavy atom. The van der Waals surface area contributed by atoms with Crippen molar-refractivity contribution in [3.63, 3.8) is 0 Å². The molecule has 0 radical (unpaired) electrons. The van der Waals surface area contributed by atoms with Crippen LogP contribution < -0.4 is 5.32 Å². The van der Waals surface area contributed by atoms with Gasteiger partial charge < -0.3 is 10.2 Å². The number of carbonyl (C=O) groups is 1. The number of nitrogens with zero attached hydrogens (tertiary/aromatic N) is 1. The van der Waals surface area contributed by atoms with E-state index in [1.54, 1.807) is 0 Å². The second-order valence-corrected chi connectivity index (χ2v) is 4.46. The van der Waals surface area contributed by atoms with Gasteiger partial charge in [-0.2, -0.15) is 0 Å². The van der Waals surface area contributed by atoms with Gasteiger partial charge in [0.1, 0.15) is 0 Å². The van der Waals surface area contributed by atoms with Gasteiger partial charge in [0.05, 0.1) is 0 Å². The fourth-order valence-corrected chi connectivity index (χ4v) is 2.83. The summed E-state index contributed by atoms with van der Waals surface area (Å²) in [5.74, 6) is 0.268. The van der Waals surface area contributed by atoms with E-state index >= 15 is 0 Å². The van der Waals surface area contributed by atoms with Gasteiger partial charge in [-0.1, -0.05) is 6.08 Å². The zero-order valence-corrected chi connectivity index (χ0v) is 8.83. The van der Waals surface area contributed by atoms with Crippen molar-refractivity contribution in [2.45, 2.75) is 31.7 Å². The zero-order valence-electron chi connectivity index (χ0n) is 8.83. The molecule has 0 spiro atoms. The molecule has 3 aliphatic heterocycles. The maximum Gasteiger partial charge on any atom is 0.230 e. The highest BCUT2D eigenvalue weighted by Gasteiger charge is 2.31. The molecule has 3 aliphatic rings. The first-order valence-electron chi connectivity index (χ1n) is 5.79. The minimum absolute atomic E-state index is 0.268. The molecule has 1 fully saturated rings. The van der Waals surface area contributed by atoms with Crippen LogP contribution in [-0.4, -0.2) is 29.9 Å². The van der Waals surface area contributed by atoms with E-state index in [0.717, 1.165) is 25.9 Å². The Labute approximate surface area is 89.8 Å². The van der Waals surface area contributed by atoms with Crippen molar-refractivity contribution in [2.75, 3.05) is 13.1 Å². The Balaban J connectivity index is 2.02. The molecule has 0 aromatic rings. The first-order valence-corrected chi connectivity index (χ1v) is 5.79. The first-order chi connectivity index (χ1) is 7.36. The fourth-order valence-electron chi connectivity index (χ4n) is 2.83. The van der Waals surface area contributed by atoms with Crippen LogP contribution in [0.5, 0.6) is 0 Å². The van der Waals surface area contributed by atoms with Crippen molar-refractivity contribution >= 4 is 5.91 Å². The van der Waals surface area contributed by atoms with E-state index in [4.69, 9.17) is 0 Å². The standard InChI is InChI=1S/C12H16N2O/c15-12-5-1-4-11-9-3-2-7-13-10(9)6-8-14(11)12/h1,4,10,13H,2-3,5-8H2. The molecule has 0 aromatic heterocycles. The van der Waals surface area contributed by atoms with Crippen LogP contribution in [0.1, 0.15) is 25.7 Å². The van der Waals surface area contributed by atoms with E-state index in [2.05, 4.69) is 11.4 Å². The van der Waals surface area contributed by atoms with E-state index in [0.29, 0.717) is 12.5 Å². The molecule has 1 saturated heterocycles. The molecular formula is C12H16N2O. The largest absolute Gasteiger partial charge is 0.312 e. The molecular weight excluding hydrogens is 188 g/mol. The van der Waals surface area contributed by atoms with Gasteiger partial charge in [-0.05, 0) is 37.5 Å². The molecule has 3 nitrogen and oxygen atoms in total. The summed E-state index contributed by atoms with van der Waals surface area (Å²) in [4.78, 5) is 13.7. The second kappa shape index (κ2) is 3.49. The molecule has 0 aliphatic carbocycles. The van der Waals surface area contributed by atoms with Crippen molar-refractivity contribution in [2.24, 2.45) is 0 Å².